The van der Waals surface area contributed by atoms with Crippen LogP contribution in [0.1, 0.15) is 59.8 Å². The maximum atomic E-state index is 5.94. The highest BCUT2D eigenvalue weighted by atomic mass is 16.5. The van der Waals surface area contributed by atoms with Crippen LogP contribution in [-0.2, 0) is 4.74 Å². The molecule has 3 saturated carbocycles. The summed E-state index contributed by atoms with van der Waals surface area (Å²) < 4.78 is 5.94. The van der Waals surface area contributed by atoms with Gasteiger partial charge >= 0.3 is 0 Å². The van der Waals surface area contributed by atoms with Crippen molar-refractivity contribution in [2.45, 2.75) is 65.4 Å². The molecule has 0 aromatic rings. The molecule has 1 nitrogen and oxygen atoms in total. The van der Waals surface area contributed by atoms with Gasteiger partial charge in [0.25, 0.3) is 0 Å². The van der Waals surface area contributed by atoms with Crippen LogP contribution in [-0.4, -0.2) is 12.7 Å². The molecule has 0 aromatic heterocycles. The van der Waals surface area contributed by atoms with E-state index in [0.717, 1.165) is 17.8 Å². The van der Waals surface area contributed by atoms with Crippen molar-refractivity contribution in [2.24, 2.45) is 28.6 Å². The van der Waals surface area contributed by atoms with Gasteiger partial charge in [0, 0.05) is 7.11 Å². The molecule has 98 valence electrons. The smallest absolute Gasteiger partial charge is 0.0684 e. The second-order valence-corrected chi connectivity index (χ2v) is 7.86. The summed E-state index contributed by atoms with van der Waals surface area (Å²) in [5.74, 6) is 2.66. The van der Waals surface area contributed by atoms with Gasteiger partial charge in [-0.3, -0.25) is 0 Å². The fourth-order valence-electron chi connectivity index (χ4n) is 6.10. The highest BCUT2D eigenvalue weighted by molar-refractivity contribution is 5.17. The van der Waals surface area contributed by atoms with Gasteiger partial charge in [0.05, 0.1) is 5.60 Å². The molecule has 17 heavy (non-hydrogen) atoms. The third-order valence-electron chi connectivity index (χ3n) is 7.23. The summed E-state index contributed by atoms with van der Waals surface area (Å²) in [5, 5.41) is 0. The van der Waals surface area contributed by atoms with E-state index in [2.05, 4.69) is 27.7 Å². The van der Waals surface area contributed by atoms with Gasteiger partial charge in [-0.1, -0.05) is 20.8 Å². The Morgan fingerprint density at radius 1 is 1.00 bits per heavy atom. The number of methoxy groups -OCH3 is 1. The zero-order chi connectivity index (χ0) is 12.5. The number of hydrogen-bond acceptors (Lipinski definition) is 1. The monoisotopic (exact) mass is 236 g/mol. The second-order valence-electron chi connectivity index (χ2n) is 7.86. The molecule has 0 aliphatic heterocycles. The molecule has 0 heterocycles. The number of hydrogen-bond donors (Lipinski definition) is 0. The molecule has 1 heteroatoms. The minimum absolute atomic E-state index is 0.138. The van der Waals surface area contributed by atoms with Crippen LogP contribution in [0.4, 0.5) is 0 Å². The number of fused-ring (bicyclic) bond motifs is 1. The van der Waals surface area contributed by atoms with Gasteiger partial charge in [0.1, 0.15) is 0 Å². The van der Waals surface area contributed by atoms with Gasteiger partial charge in [-0.15, -0.1) is 0 Å². The van der Waals surface area contributed by atoms with Crippen LogP contribution in [0.15, 0.2) is 0 Å². The van der Waals surface area contributed by atoms with Gasteiger partial charge in [-0.05, 0) is 67.6 Å². The third kappa shape index (κ3) is 1.25. The van der Waals surface area contributed by atoms with Crippen molar-refractivity contribution < 1.29 is 4.74 Å². The quantitative estimate of drug-likeness (QED) is 0.661. The van der Waals surface area contributed by atoms with E-state index in [1.165, 1.54) is 32.1 Å². The van der Waals surface area contributed by atoms with E-state index in [-0.39, 0.29) is 5.60 Å². The van der Waals surface area contributed by atoms with Crippen LogP contribution >= 0.6 is 0 Å². The Labute approximate surface area is 106 Å². The summed E-state index contributed by atoms with van der Waals surface area (Å²) in [7, 11) is 1.92. The molecule has 3 aliphatic rings. The van der Waals surface area contributed by atoms with Crippen molar-refractivity contribution in [2.75, 3.05) is 7.11 Å². The van der Waals surface area contributed by atoms with Crippen molar-refractivity contribution >= 4 is 0 Å². The molecule has 0 radical (unpaired) electrons. The molecule has 1 spiro atoms. The van der Waals surface area contributed by atoms with E-state index in [1.807, 2.05) is 7.11 Å². The van der Waals surface area contributed by atoms with Gasteiger partial charge < -0.3 is 4.74 Å². The van der Waals surface area contributed by atoms with Crippen LogP contribution in [0.3, 0.4) is 0 Å². The third-order valence-corrected chi connectivity index (χ3v) is 7.23. The lowest BCUT2D eigenvalue weighted by molar-refractivity contribution is -0.100. The molecule has 0 N–H and O–H groups in total. The lowest BCUT2D eigenvalue weighted by atomic mass is 9.64. The normalized spacial score (nSPS) is 55.9. The summed E-state index contributed by atoms with van der Waals surface area (Å²) in [4.78, 5) is 0. The van der Waals surface area contributed by atoms with Crippen LogP contribution in [0.5, 0.6) is 0 Å². The molecule has 5 atom stereocenters. The van der Waals surface area contributed by atoms with Crippen molar-refractivity contribution in [3.63, 3.8) is 0 Å². The first-order valence-corrected chi connectivity index (χ1v) is 7.42. The molecule has 3 rings (SSSR count). The van der Waals surface area contributed by atoms with Gasteiger partial charge in [-0.25, -0.2) is 0 Å². The molecule has 1 unspecified atom stereocenters. The Kier molecular flexibility index (Phi) is 2.32. The Bertz CT molecular complexity index is 334. The van der Waals surface area contributed by atoms with Crippen LogP contribution in [0.25, 0.3) is 0 Å². The maximum absolute atomic E-state index is 5.94. The summed E-state index contributed by atoms with van der Waals surface area (Å²) in [6, 6.07) is 0. The Morgan fingerprint density at radius 3 is 2.35 bits per heavy atom. The summed E-state index contributed by atoms with van der Waals surface area (Å²) in [5.41, 5.74) is 1.29. The predicted octanol–water partition coefficient (Wildman–Crippen LogP) is 4.26. The SMILES string of the molecule is CO[C@]1(C)CC[C@@]23C[C@H]1C(C)(C)C2CC[C@H]3C. The largest absolute Gasteiger partial charge is 0.378 e. The Morgan fingerprint density at radius 2 is 1.71 bits per heavy atom. The summed E-state index contributed by atoms with van der Waals surface area (Å²) in [6.07, 6.45) is 7.03. The van der Waals surface area contributed by atoms with Crippen LogP contribution in [0, 0.1) is 28.6 Å². The van der Waals surface area contributed by atoms with Crippen molar-refractivity contribution in [1.82, 2.24) is 0 Å². The first-order valence-electron chi connectivity index (χ1n) is 7.42. The average Bonchev–Trinajstić information content (AvgIpc) is 2.70. The average molecular weight is 236 g/mol. The molecule has 2 bridgehead atoms. The zero-order valence-corrected chi connectivity index (χ0v) is 12.2. The van der Waals surface area contributed by atoms with Crippen LogP contribution < -0.4 is 0 Å². The number of ether oxygens (including phenoxy) is 1. The fourth-order valence-corrected chi connectivity index (χ4v) is 6.10. The van der Waals surface area contributed by atoms with Crippen molar-refractivity contribution in [1.29, 1.82) is 0 Å². The lowest BCUT2D eigenvalue weighted by Gasteiger charge is -2.46. The molecule has 3 aliphatic carbocycles. The molecular weight excluding hydrogens is 208 g/mol. The highest BCUT2D eigenvalue weighted by Crippen LogP contribution is 2.73. The Balaban J connectivity index is 2.04. The highest BCUT2D eigenvalue weighted by Gasteiger charge is 2.68. The first kappa shape index (κ1) is 12.0. The van der Waals surface area contributed by atoms with Gasteiger partial charge in [0.2, 0.25) is 0 Å². The Hall–Kier alpha value is -0.0400. The second kappa shape index (κ2) is 3.29. The van der Waals surface area contributed by atoms with Crippen molar-refractivity contribution in [3.05, 3.63) is 0 Å². The summed E-state index contributed by atoms with van der Waals surface area (Å²) >= 11 is 0. The maximum Gasteiger partial charge on any atom is 0.0684 e. The van der Waals surface area contributed by atoms with E-state index >= 15 is 0 Å². The molecular formula is C16H28O. The number of rotatable bonds is 1. The first-order chi connectivity index (χ1) is 7.87. The van der Waals surface area contributed by atoms with E-state index in [0.29, 0.717) is 10.8 Å². The van der Waals surface area contributed by atoms with E-state index in [4.69, 9.17) is 4.74 Å². The van der Waals surface area contributed by atoms with Crippen LogP contribution in [0.2, 0.25) is 0 Å². The van der Waals surface area contributed by atoms with E-state index in [9.17, 15) is 0 Å². The minimum atomic E-state index is 0.138. The predicted molar refractivity (Wildman–Crippen MR) is 70.9 cm³/mol. The van der Waals surface area contributed by atoms with Crippen molar-refractivity contribution in [3.8, 4) is 0 Å². The summed E-state index contributed by atoms with van der Waals surface area (Å²) in [6.45, 7) is 9.90. The van der Waals surface area contributed by atoms with Gasteiger partial charge in [-0.2, -0.15) is 0 Å². The van der Waals surface area contributed by atoms with E-state index in [1.54, 1.807) is 0 Å². The fraction of sp³-hybridized carbons (Fsp3) is 1.00. The molecule has 0 saturated heterocycles. The van der Waals surface area contributed by atoms with Gasteiger partial charge in [0.15, 0.2) is 0 Å². The zero-order valence-electron chi connectivity index (χ0n) is 12.2. The lowest BCUT2D eigenvalue weighted by Crippen LogP contribution is -2.45. The standard InChI is InChI=1S/C16H28O/c1-11-6-7-12-14(2,3)13-10-16(11,12)9-8-15(13,4)17-5/h11-13H,6-10H2,1-5H3/t11-,12?,13+,15-,16+/m1/s1. The minimum Gasteiger partial charge on any atom is -0.378 e. The molecule has 0 aromatic carbocycles. The molecule has 0 amide bonds. The van der Waals surface area contributed by atoms with E-state index < -0.39 is 0 Å². The topological polar surface area (TPSA) is 9.23 Å². The molecule has 3 fully saturated rings.